The maximum atomic E-state index is 10.5. The number of carboxylic acids is 1. The Kier molecular flexibility index (Phi) is 5.15. The Hall–Kier alpha value is -1.06. The minimum atomic E-state index is -0.727. The minimum absolute atomic E-state index is 0.215. The molecular formula is C11H20N2O2. The van der Waals surface area contributed by atoms with Gasteiger partial charge >= 0.3 is 5.97 Å². The second-order valence-electron chi connectivity index (χ2n) is 3.89. The first-order valence-corrected chi connectivity index (χ1v) is 5.74. The van der Waals surface area contributed by atoms with Gasteiger partial charge in [-0.2, -0.15) is 0 Å². The minimum Gasteiger partial charge on any atom is -0.481 e. The van der Waals surface area contributed by atoms with Gasteiger partial charge in [0.05, 0.1) is 18.8 Å². The van der Waals surface area contributed by atoms with Gasteiger partial charge in [0.2, 0.25) is 0 Å². The van der Waals surface area contributed by atoms with E-state index in [1.54, 1.807) is 0 Å². The van der Waals surface area contributed by atoms with Gasteiger partial charge in [-0.25, -0.2) is 0 Å². The Labute approximate surface area is 91.0 Å². The van der Waals surface area contributed by atoms with E-state index in [9.17, 15) is 4.79 Å². The lowest BCUT2D eigenvalue weighted by atomic mass is 10.2. The summed E-state index contributed by atoms with van der Waals surface area (Å²) in [6.07, 6.45) is 4.83. The molecular weight excluding hydrogens is 192 g/mol. The second-order valence-corrected chi connectivity index (χ2v) is 3.89. The molecule has 0 aromatic rings. The van der Waals surface area contributed by atoms with Gasteiger partial charge in [-0.15, -0.1) is 0 Å². The predicted molar refractivity (Wildman–Crippen MR) is 60.3 cm³/mol. The Balaban J connectivity index is 2.26. The third-order valence-corrected chi connectivity index (χ3v) is 2.63. The molecule has 1 aliphatic rings. The van der Waals surface area contributed by atoms with Crippen molar-refractivity contribution < 1.29 is 9.90 Å². The zero-order valence-electron chi connectivity index (χ0n) is 9.41. The van der Waals surface area contributed by atoms with Crippen LogP contribution in [-0.4, -0.2) is 41.4 Å². The normalized spacial score (nSPS) is 15.5. The van der Waals surface area contributed by atoms with Crippen LogP contribution in [0.3, 0.4) is 0 Å². The van der Waals surface area contributed by atoms with E-state index in [4.69, 9.17) is 5.11 Å². The first-order valence-electron chi connectivity index (χ1n) is 5.74. The SMILES string of the molecule is CCCCCC1=NCCN1CCC(=O)O. The molecule has 0 spiro atoms. The molecule has 1 rings (SSSR count). The van der Waals surface area contributed by atoms with Gasteiger partial charge in [0.15, 0.2) is 0 Å². The van der Waals surface area contributed by atoms with Crippen molar-refractivity contribution in [1.82, 2.24) is 4.90 Å². The van der Waals surface area contributed by atoms with Crippen molar-refractivity contribution in [3.63, 3.8) is 0 Å². The summed E-state index contributed by atoms with van der Waals surface area (Å²) < 4.78 is 0. The van der Waals surface area contributed by atoms with Crippen molar-refractivity contribution in [3.05, 3.63) is 0 Å². The highest BCUT2D eigenvalue weighted by atomic mass is 16.4. The number of carboxylic acid groups (broad SMARTS) is 1. The van der Waals surface area contributed by atoms with Gasteiger partial charge in [-0.3, -0.25) is 9.79 Å². The fourth-order valence-electron chi connectivity index (χ4n) is 1.77. The molecule has 0 atom stereocenters. The van der Waals surface area contributed by atoms with Crippen LogP contribution < -0.4 is 0 Å². The third-order valence-electron chi connectivity index (χ3n) is 2.63. The van der Waals surface area contributed by atoms with E-state index in [1.165, 1.54) is 19.3 Å². The highest BCUT2D eigenvalue weighted by Crippen LogP contribution is 2.10. The number of carbonyl (C=O) groups is 1. The monoisotopic (exact) mass is 212 g/mol. The molecule has 1 aliphatic heterocycles. The van der Waals surface area contributed by atoms with Gasteiger partial charge < -0.3 is 10.0 Å². The number of amidine groups is 1. The molecule has 0 saturated carbocycles. The molecule has 0 unspecified atom stereocenters. The Bertz CT molecular complexity index is 239. The summed E-state index contributed by atoms with van der Waals surface area (Å²) in [6, 6.07) is 0. The zero-order chi connectivity index (χ0) is 11.1. The summed E-state index contributed by atoms with van der Waals surface area (Å²) in [5, 5.41) is 8.61. The summed E-state index contributed by atoms with van der Waals surface area (Å²) in [7, 11) is 0. The quantitative estimate of drug-likeness (QED) is 0.654. The largest absolute Gasteiger partial charge is 0.481 e. The lowest BCUT2D eigenvalue weighted by Crippen LogP contribution is -2.30. The van der Waals surface area contributed by atoms with Crippen LogP contribution in [0.5, 0.6) is 0 Å². The number of aliphatic imine (C=N–C) groups is 1. The van der Waals surface area contributed by atoms with Crippen LogP contribution in [0.15, 0.2) is 4.99 Å². The number of rotatable bonds is 7. The maximum absolute atomic E-state index is 10.5. The summed E-state index contributed by atoms with van der Waals surface area (Å²) in [5.41, 5.74) is 0. The molecule has 0 saturated heterocycles. The maximum Gasteiger partial charge on any atom is 0.305 e. The smallest absolute Gasteiger partial charge is 0.305 e. The highest BCUT2D eigenvalue weighted by Gasteiger charge is 2.16. The first-order chi connectivity index (χ1) is 7.24. The number of unbranched alkanes of at least 4 members (excludes halogenated alkanes) is 2. The van der Waals surface area contributed by atoms with Gasteiger partial charge in [0.25, 0.3) is 0 Å². The van der Waals surface area contributed by atoms with Crippen LogP contribution in [0, 0.1) is 0 Å². The van der Waals surface area contributed by atoms with E-state index < -0.39 is 5.97 Å². The van der Waals surface area contributed by atoms with E-state index in [0.29, 0.717) is 6.54 Å². The molecule has 0 aliphatic carbocycles. The van der Waals surface area contributed by atoms with E-state index in [1.807, 2.05) is 0 Å². The van der Waals surface area contributed by atoms with Crippen molar-refractivity contribution in [1.29, 1.82) is 0 Å². The molecule has 0 bridgehead atoms. The summed E-state index contributed by atoms with van der Waals surface area (Å²) in [4.78, 5) is 17.0. The standard InChI is InChI=1S/C11H20N2O2/c1-2-3-4-5-10-12-7-9-13(10)8-6-11(14)15/h2-9H2,1H3,(H,14,15). The van der Waals surface area contributed by atoms with Gasteiger partial charge in [-0.1, -0.05) is 19.8 Å². The molecule has 86 valence electrons. The van der Waals surface area contributed by atoms with Crippen molar-refractivity contribution in [3.8, 4) is 0 Å². The van der Waals surface area contributed by atoms with Crippen molar-refractivity contribution >= 4 is 11.8 Å². The second kappa shape index (κ2) is 6.43. The first kappa shape index (κ1) is 12.0. The van der Waals surface area contributed by atoms with Crippen LogP contribution in [0.25, 0.3) is 0 Å². The lowest BCUT2D eigenvalue weighted by molar-refractivity contribution is -0.137. The van der Waals surface area contributed by atoms with Crippen molar-refractivity contribution in [2.24, 2.45) is 4.99 Å². The fourth-order valence-corrected chi connectivity index (χ4v) is 1.77. The molecule has 4 nitrogen and oxygen atoms in total. The van der Waals surface area contributed by atoms with E-state index in [2.05, 4.69) is 16.8 Å². The van der Waals surface area contributed by atoms with Crippen LogP contribution in [-0.2, 0) is 4.79 Å². The summed E-state index contributed by atoms with van der Waals surface area (Å²) in [5.74, 6) is 0.388. The van der Waals surface area contributed by atoms with Gasteiger partial charge in [0.1, 0.15) is 0 Å². The van der Waals surface area contributed by atoms with E-state index in [-0.39, 0.29) is 6.42 Å². The molecule has 0 amide bonds. The Morgan fingerprint density at radius 1 is 1.53 bits per heavy atom. The average molecular weight is 212 g/mol. The molecule has 1 N–H and O–H groups in total. The van der Waals surface area contributed by atoms with Gasteiger partial charge in [0, 0.05) is 19.5 Å². The summed E-state index contributed by atoms with van der Waals surface area (Å²) in [6.45, 7) is 4.52. The molecule has 1 heterocycles. The zero-order valence-corrected chi connectivity index (χ0v) is 9.41. The molecule has 15 heavy (non-hydrogen) atoms. The number of hydrogen-bond donors (Lipinski definition) is 1. The number of hydrogen-bond acceptors (Lipinski definition) is 3. The number of aliphatic carboxylic acids is 1. The molecule has 4 heteroatoms. The van der Waals surface area contributed by atoms with Crippen LogP contribution in [0.2, 0.25) is 0 Å². The Morgan fingerprint density at radius 2 is 2.33 bits per heavy atom. The van der Waals surface area contributed by atoms with Crippen molar-refractivity contribution in [2.75, 3.05) is 19.6 Å². The van der Waals surface area contributed by atoms with Gasteiger partial charge in [-0.05, 0) is 6.42 Å². The predicted octanol–water partition coefficient (Wildman–Crippen LogP) is 1.76. The topological polar surface area (TPSA) is 52.9 Å². The fraction of sp³-hybridized carbons (Fsp3) is 0.818. The Morgan fingerprint density at radius 3 is 3.00 bits per heavy atom. The van der Waals surface area contributed by atoms with E-state index >= 15 is 0 Å². The highest BCUT2D eigenvalue weighted by molar-refractivity contribution is 5.84. The average Bonchev–Trinajstić information content (AvgIpc) is 2.63. The lowest BCUT2D eigenvalue weighted by Gasteiger charge is -2.19. The summed E-state index contributed by atoms with van der Waals surface area (Å²) >= 11 is 0. The molecule has 0 fully saturated rings. The molecule has 0 aromatic heterocycles. The van der Waals surface area contributed by atoms with Crippen LogP contribution >= 0.6 is 0 Å². The molecule has 0 aromatic carbocycles. The number of nitrogens with zero attached hydrogens (tertiary/aromatic N) is 2. The van der Waals surface area contributed by atoms with E-state index in [0.717, 1.165) is 25.3 Å². The van der Waals surface area contributed by atoms with Crippen LogP contribution in [0.4, 0.5) is 0 Å². The van der Waals surface area contributed by atoms with Crippen molar-refractivity contribution in [2.45, 2.75) is 39.0 Å². The molecule has 0 radical (unpaired) electrons. The van der Waals surface area contributed by atoms with Crippen LogP contribution in [0.1, 0.15) is 39.0 Å². The third kappa shape index (κ3) is 4.32.